The Morgan fingerprint density at radius 2 is 2.15 bits per heavy atom. The van der Waals surface area contributed by atoms with Crippen molar-refractivity contribution in [2.45, 2.75) is 32.2 Å². The monoisotopic (exact) mass is 279 g/mol. The highest BCUT2D eigenvalue weighted by Gasteiger charge is 2.20. The molecule has 0 aliphatic carbocycles. The number of carboxylic acid groups (broad SMARTS) is 1. The molecule has 1 aromatic heterocycles. The van der Waals surface area contributed by atoms with Crippen LogP contribution in [-0.4, -0.2) is 42.1 Å². The number of carbonyl (C=O) groups excluding carboxylic acids is 1. The van der Waals surface area contributed by atoms with Crippen molar-refractivity contribution in [3.05, 3.63) is 24.0 Å². The van der Waals surface area contributed by atoms with E-state index in [2.05, 4.69) is 10.3 Å². The van der Waals surface area contributed by atoms with Gasteiger partial charge in [-0.3, -0.25) is 9.78 Å². The second-order valence-corrected chi connectivity index (χ2v) is 4.80. The molecule has 1 rings (SSSR count). The van der Waals surface area contributed by atoms with Crippen molar-refractivity contribution in [1.82, 2.24) is 10.3 Å². The zero-order chi connectivity index (χ0) is 15.1. The molecule has 1 amide bonds. The molecule has 0 aliphatic rings. The molecule has 0 aromatic carbocycles. The van der Waals surface area contributed by atoms with Crippen LogP contribution in [0.15, 0.2) is 18.3 Å². The van der Waals surface area contributed by atoms with E-state index in [1.807, 2.05) is 25.9 Å². The molecule has 1 atom stereocenters. The molecule has 0 spiro atoms. The molecule has 1 heterocycles. The summed E-state index contributed by atoms with van der Waals surface area (Å²) >= 11 is 0. The van der Waals surface area contributed by atoms with Gasteiger partial charge in [0.15, 0.2) is 0 Å². The summed E-state index contributed by atoms with van der Waals surface area (Å²) in [5, 5.41) is 11.6. The number of aliphatic carboxylic acids is 1. The van der Waals surface area contributed by atoms with E-state index in [-0.39, 0.29) is 5.69 Å². The van der Waals surface area contributed by atoms with Crippen molar-refractivity contribution < 1.29 is 14.7 Å². The normalized spacial score (nSPS) is 11.8. The van der Waals surface area contributed by atoms with Crippen molar-refractivity contribution in [2.24, 2.45) is 0 Å². The number of carbonyl (C=O) groups is 2. The zero-order valence-electron chi connectivity index (χ0n) is 12.1. The Bertz CT molecular complexity index is 474. The van der Waals surface area contributed by atoms with E-state index < -0.39 is 17.9 Å². The summed E-state index contributed by atoms with van der Waals surface area (Å²) in [6, 6.07) is 2.55. The molecule has 2 N–H and O–H groups in total. The van der Waals surface area contributed by atoms with Crippen LogP contribution in [0, 0.1) is 0 Å². The van der Waals surface area contributed by atoms with E-state index in [0.29, 0.717) is 6.42 Å². The zero-order valence-corrected chi connectivity index (χ0v) is 12.1. The molecular formula is C14H21N3O3. The lowest BCUT2D eigenvalue weighted by atomic mass is 10.1. The SMILES string of the molecule is CCCCC(NC(=O)c1cc(N(C)C)ccn1)C(=O)O. The van der Waals surface area contributed by atoms with Crippen molar-refractivity contribution >= 4 is 17.6 Å². The maximum atomic E-state index is 12.0. The largest absolute Gasteiger partial charge is 0.480 e. The van der Waals surface area contributed by atoms with E-state index in [0.717, 1.165) is 18.5 Å². The van der Waals surface area contributed by atoms with E-state index in [9.17, 15) is 9.59 Å². The fourth-order valence-electron chi connectivity index (χ4n) is 1.72. The van der Waals surface area contributed by atoms with Gasteiger partial charge in [-0.25, -0.2) is 4.79 Å². The third-order valence-electron chi connectivity index (χ3n) is 2.94. The lowest BCUT2D eigenvalue weighted by Crippen LogP contribution is -2.41. The minimum absolute atomic E-state index is 0.221. The van der Waals surface area contributed by atoms with Crippen molar-refractivity contribution in [3.63, 3.8) is 0 Å². The maximum absolute atomic E-state index is 12.0. The fraction of sp³-hybridized carbons (Fsp3) is 0.500. The molecular weight excluding hydrogens is 258 g/mol. The Morgan fingerprint density at radius 3 is 2.70 bits per heavy atom. The van der Waals surface area contributed by atoms with Crippen LogP contribution in [0.4, 0.5) is 5.69 Å². The van der Waals surface area contributed by atoms with Crippen LogP contribution >= 0.6 is 0 Å². The minimum atomic E-state index is -1.02. The predicted molar refractivity (Wildman–Crippen MR) is 77.0 cm³/mol. The quantitative estimate of drug-likeness (QED) is 0.790. The highest BCUT2D eigenvalue weighted by Crippen LogP contribution is 2.11. The van der Waals surface area contributed by atoms with Crippen molar-refractivity contribution in [2.75, 3.05) is 19.0 Å². The van der Waals surface area contributed by atoms with Crippen LogP contribution in [0.2, 0.25) is 0 Å². The molecule has 0 radical (unpaired) electrons. The van der Waals surface area contributed by atoms with E-state index >= 15 is 0 Å². The predicted octanol–water partition coefficient (Wildman–Crippen LogP) is 1.52. The maximum Gasteiger partial charge on any atom is 0.326 e. The molecule has 0 aliphatic heterocycles. The van der Waals surface area contributed by atoms with E-state index in [1.165, 1.54) is 6.20 Å². The number of nitrogens with zero attached hydrogens (tertiary/aromatic N) is 2. The van der Waals surface area contributed by atoms with Crippen LogP contribution in [0.1, 0.15) is 36.7 Å². The second-order valence-electron chi connectivity index (χ2n) is 4.80. The van der Waals surface area contributed by atoms with Gasteiger partial charge >= 0.3 is 5.97 Å². The van der Waals surface area contributed by atoms with Gasteiger partial charge < -0.3 is 15.3 Å². The molecule has 20 heavy (non-hydrogen) atoms. The third-order valence-corrected chi connectivity index (χ3v) is 2.94. The van der Waals surface area contributed by atoms with Crippen molar-refractivity contribution in [1.29, 1.82) is 0 Å². The average molecular weight is 279 g/mol. The highest BCUT2D eigenvalue weighted by molar-refractivity contribution is 5.95. The highest BCUT2D eigenvalue weighted by atomic mass is 16.4. The molecule has 0 bridgehead atoms. The molecule has 1 aromatic rings. The Hall–Kier alpha value is -2.11. The Kier molecular flexibility index (Phi) is 5.96. The number of hydrogen-bond acceptors (Lipinski definition) is 4. The summed E-state index contributed by atoms with van der Waals surface area (Å²) in [4.78, 5) is 29.0. The number of pyridine rings is 1. The van der Waals surface area contributed by atoms with Gasteiger partial charge in [0, 0.05) is 26.0 Å². The van der Waals surface area contributed by atoms with Crippen LogP contribution in [0.25, 0.3) is 0 Å². The van der Waals surface area contributed by atoms with Crippen LogP contribution < -0.4 is 10.2 Å². The molecule has 6 heteroatoms. The summed E-state index contributed by atoms with van der Waals surface area (Å²) in [5.74, 6) is -1.48. The van der Waals surface area contributed by atoms with Gasteiger partial charge in [0.25, 0.3) is 5.91 Å². The first kappa shape index (κ1) is 15.9. The molecule has 1 unspecified atom stereocenters. The number of nitrogens with one attached hydrogen (secondary N) is 1. The molecule has 0 saturated carbocycles. The summed E-state index contributed by atoms with van der Waals surface area (Å²) in [6.45, 7) is 1.98. The van der Waals surface area contributed by atoms with E-state index in [1.54, 1.807) is 12.1 Å². The molecule has 0 fully saturated rings. The van der Waals surface area contributed by atoms with Crippen molar-refractivity contribution in [3.8, 4) is 0 Å². The number of aromatic nitrogens is 1. The van der Waals surface area contributed by atoms with Crippen LogP contribution in [-0.2, 0) is 4.79 Å². The molecule has 0 saturated heterocycles. The van der Waals surface area contributed by atoms with Gasteiger partial charge in [0.2, 0.25) is 0 Å². The second kappa shape index (κ2) is 7.47. The number of hydrogen-bond donors (Lipinski definition) is 2. The summed E-state index contributed by atoms with van der Waals surface area (Å²) in [6.07, 6.45) is 3.59. The van der Waals surface area contributed by atoms with Gasteiger partial charge in [-0.15, -0.1) is 0 Å². The number of anilines is 1. The topological polar surface area (TPSA) is 82.5 Å². The number of rotatable bonds is 7. The Morgan fingerprint density at radius 1 is 1.45 bits per heavy atom. The first-order valence-electron chi connectivity index (χ1n) is 6.62. The molecule has 6 nitrogen and oxygen atoms in total. The smallest absolute Gasteiger partial charge is 0.326 e. The number of carboxylic acids is 1. The molecule has 110 valence electrons. The van der Waals surface area contributed by atoms with Gasteiger partial charge in [-0.05, 0) is 18.6 Å². The van der Waals surface area contributed by atoms with Gasteiger partial charge in [-0.2, -0.15) is 0 Å². The average Bonchev–Trinajstić information content (AvgIpc) is 2.42. The van der Waals surface area contributed by atoms with Gasteiger partial charge in [-0.1, -0.05) is 19.8 Å². The lowest BCUT2D eigenvalue weighted by Gasteiger charge is -2.15. The standard InChI is InChI=1S/C14H21N3O3/c1-4-5-6-11(14(19)20)16-13(18)12-9-10(17(2)3)7-8-15-12/h7-9,11H,4-6H2,1-3H3,(H,16,18)(H,19,20). The summed E-state index contributed by atoms with van der Waals surface area (Å²) in [7, 11) is 3.72. The fourth-order valence-corrected chi connectivity index (χ4v) is 1.72. The van der Waals surface area contributed by atoms with E-state index in [4.69, 9.17) is 5.11 Å². The summed E-state index contributed by atoms with van der Waals surface area (Å²) in [5.41, 5.74) is 1.06. The summed E-state index contributed by atoms with van der Waals surface area (Å²) < 4.78 is 0. The Balaban J connectivity index is 2.78. The first-order chi connectivity index (χ1) is 9.45. The lowest BCUT2D eigenvalue weighted by molar-refractivity contribution is -0.139. The van der Waals surface area contributed by atoms with Crippen LogP contribution in [0.5, 0.6) is 0 Å². The first-order valence-corrected chi connectivity index (χ1v) is 6.62. The number of amides is 1. The number of unbranched alkanes of at least 4 members (excludes halogenated alkanes) is 1. The minimum Gasteiger partial charge on any atom is -0.480 e. The van der Waals surface area contributed by atoms with Crippen LogP contribution in [0.3, 0.4) is 0 Å². The Labute approximate surface area is 118 Å². The van der Waals surface area contributed by atoms with Gasteiger partial charge in [0.05, 0.1) is 0 Å². The van der Waals surface area contributed by atoms with Gasteiger partial charge in [0.1, 0.15) is 11.7 Å². The third kappa shape index (κ3) is 4.53.